The van der Waals surface area contributed by atoms with Gasteiger partial charge in [-0.25, -0.2) is 4.98 Å². The van der Waals surface area contributed by atoms with Gasteiger partial charge < -0.3 is 16.0 Å². The van der Waals surface area contributed by atoms with Crippen molar-refractivity contribution >= 4 is 29.2 Å². The topological polar surface area (TPSA) is 83.1 Å². The molecule has 0 radical (unpaired) electrons. The summed E-state index contributed by atoms with van der Waals surface area (Å²) in [4.78, 5) is 27.6. The number of hydrogen-bond acceptors (Lipinski definition) is 4. The van der Waals surface area contributed by atoms with E-state index in [0.29, 0.717) is 24.0 Å². The van der Waals surface area contributed by atoms with Crippen molar-refractivity contribution < 1.29 is 9.59 Å². The maximum absolute atomic E-state index is 12.1. The maximum atomic E-state index is 12.1. The van der Waals surface area contributed by atoms with Crippen LogP contribution in [0.4, 0.5) is 5.82 Å². The summed E-state index contributed by atoms with van der Waals surface area (Å²) in [6.07, 6.45) is 3.81. The molecule has 1 fully saturated rings. The fourth-order valence-electron chi connectivity index (χ4n) is 1.80. The van der Waals surface area contributed by atoms with Crippen LogP contribution in [0.15, 0.2) is 12.3 Å². The Labute approximate surface area is 128 Å². The summed E-state index contributed by atoms with van der Waals surface area (Å²) in [7, 11) is 0. The Balaban J connectivity index is 1.84. The van der Waals surface area contributed by atoms with Crippen LogP contribution in [0.2, 0.25) is 5.02 Å². The smallest absolute Gasteiger partial charge is 0.253 e. The first-order chi connectivity index (χ1) is 10.1. The van der Waals surface area contributed by atoms with Crippen molar-refractivity contribution in [2.45, 2.75) is 32.2 Å². The molecule has 1 aliphatic carbocycles. The minimum atomic E-state index is -0.305. The van der Waals surface area contributed by atoms with Crippen LogP contribution in [0, 0.1) is 0 Å². The molecule has 1 saturated carbocycles. The summed E-state index contributed by atoms with van der Waals surface area (Å²) in [6, 6.07) is 1.94. The standard InChI is InChI=1S/C14H19ClN4O2/c1-2-16-12-7-10(11(15)8-18-12)14(21)17-6-5-13(20)19-9-3-4-9/h7-9H,2-6H2,1H3,(H,16,18)(H,17,21)(H,19,20). The molecule has 114 valence electrons. The van der Waals surface area contributed by atoms with Crippen LogP contribution in [0.1, 0.15) is 36.5 Å². The summed E-state index contributed by atoms with van der Waals surface area (Å²) >= 11 is 5.98. The zero-order valence-electron chi connectivity index (χ0n) is 11.9. The predicted molar refractivity (Wildman–Crippen MR) is 81.5 cm³/mol. The van der Waals surface area contributed by atoms with E-state index in [9.17, 15) is 9.59 Å². The van der Waals surface area contributed by atoms with Gasteiger partial charge in [-0.1, -0.05) is 11.6 Å². The molecule has 6 nitrogen and oxygen atoms in total. The summed E-state index contributed by atoms with van der Waals surface area (Å²) in [5.74, 6) is 0.256. The first-order valence-corrected chi connectivity index (χ1v) is 7.45. The van der Waals surface area contributed by atoms with Crippen molar-refractivity contribution in [1.29, 1.82) is 0 Å². The molecule has 0 unspecified atom stereocenters. The van der Waals surface area contributed by atoms with Gasteiger partial charge in [0.1, 0.15) is 5.82 Å². The summed E-state index contributed by atoms with van der Waals surface area (Å²) in [6.45, 7) is 2.93. The lowest BCUT2D eigenvalue weighted by atomic mass is 10.2. The molecule has 1 aromatic rings. The number of pyridine rings is 1. The van der Waals surface area contributed by atoms with Crippen molar-refractivity contribution in [3.05, 3.63) is 22.8 Å². The molecule has 0 saturated heterocycles. The van der Waals surface area contributed by atoms with Crippen LogP contribution in [0.3, 0.4) is 0 Å². The van der Waals surface area contributed by atoms with Crippen LogP contribution in [0.5, 0.6) is 0 Å². The van der Waals surface area contributed by atoms with Crippen molar-refractivity contribution in [1.82, 2.24) is 15.6 Å². The minimum absolute atomic E-state index is 0.0352. The maximum Gasteiger partial charge on any atom is 0.253 e. The van der Waals surface area contributed by atoms with Gasteiger partial charge in [-0.3, -0.25) is 9.59 Å². The van der Waals surface area contributed by atoms with Gasteiger partial charge >= 0.3 is 0 Å². The Morgan fingerprint density at radius 1 is 1.43 bits per heavy atom. The highest BCUT2D eigenvalue weighted by Gasteiger charge is 2.22. The molecule has 0 bridgehead atoms. The molecule has 3 N–H and O–H groups in total. The number of aromatic nitrogens is 1. The van der Waals surface area contributed by atoms with Gasteiger partial charge in [0.05, 0.1) is 10.6 Å². The summed E-state index contributed by atoms with van der Waals surface area (Å²) in [5.41, 5.74) is 0.352. The number of anilines is 1. The number of carbonyl (C=O) groups is 2. The highest BCUT2D eigenvalue weighted by molar-refractivity contribution is 6.33. The quantitative estimate of drug-likeness (QED) is 0.714. The van der Waals surface area contributed by atoms with Gasteiger partial charge in [0.2, 0.25) is 5.91 Å². The van der Waals surface area contributed by atoms with Crippen LogP contribution in [-0.4, -0.2) is 35.9 Å². The molecule has 1 heterocycles. The number of carbonyl (C=O) groups excluding carboxylic acids is 2. The van der Waals surface area contributed by atoms with Gasteiger partial charge in [0.15, 0.2) is 0 Å². The average molecular weight is 311 g/mol. The Bertz CT molecular complexity index is 532. The van der Waals surface area contributed by atoms with Crippen LogP contribution >= 0.6 is 11.6 Å². The molecule has 2 rings (SSSR count). The first-order valence-electron chi connectivity index (χ1n) is 7.07. The molecular weight excluding hydrogens is 292 g/mol. The van der Waals surface area contributed by atoms with Crippen LogP contribution < -0.4 is 16.0 Å². The Kier molecular flexibility index (Phi) is 5.38. The number of nitrogens with zero attached hydrogens (tertiary/aromatic N) is 1. The second-order valence-electron chi connectivity index (χ2n) is 4.93. The molecule has 1 aliphatic rings. The molecule has 7 heteroatoms. The molecule has 0 atom stereocenters. The zero-order valence-corrected chi connectivity index (χ0v) is 12.7. The van der Waals surface area contributed by atoms with E-state index in [1.165, 1.54) is 6.20 Å². The van der Waals surface area contributed by atoms with E-state index in [2.05, 4.69) is 20.9 Å². The Morgan fingerprint density at radius 3 is 2.86 bits per heavy atom. The first kappa shape index (κ1) is 15.6. The van der Waals surface area contributed by atoms with E-state index in [-0.39, 0.29) is 29.8 Å². The number of rotatable bonds is 7. The molecule has 2 amide bonds. The van der Waals surface area contributed by atoms with Crippen molar-refractivity contribution in [3.63, 3.8) is 0 Å². The van der Waals surface area contributed by atoms with Crippen LogP contribution in [0.25, 0.3) is 0 Å². The van der Waals surface area contributed by atoms with Crippen LogP contribution in [-0.2, 0) is 4.79 Å². The average Bonchev–Trinajstić information content (AvgIpc) is 3.25. The molecule has 0 spiro atoms. The fraction of sp³-hybridized carbons (Fsp3) is 0.500. The predicted octanol–water partition coefficient (Wildman–Crippen LogP) is 1.57. The fourth-order valence-corrected chi connectivity index (χ4v) is 1.99. The Morgan fingerprint density at radius 2 is 2.19 bits per heavy atom. The molecule has 0 aliphatic heterocycles. The van der Waals surface area contributed by atoms with Gasteiger partial charge in [-0.15, -0.1) is 0 Å². The van der Waals surface area contributed by atoms with E-state index >= 15 is 0 Å². The second kappa shape index (κ2) is 7.26. The van der Waals surface area contributed by atoms with Crippen molar-refractivity contribution in [2.24, 2.45) is 0 Å². The van der Waals surface area contributed by atoms with Crippen molar-refractivity contribution in [2.75, 3.05) is 18.4 Å². The molecule has 1 aromatic heterocycles. The van der Waals surface area contributed by atoms with E-state index < -0.39 is 0 Å². The highest BCUT2D eigenvalue weighted by Crippen LogP contribution is 2.19. The van der Waals surface area contributed by atoms with E-state index in [0.717, 1.165) is 12.8 Å². The molecule has 21 heavy (non-hydrogen) atoms. The lowest BCUT2D eigenvalue weighted by Gasteiger charge is -2.09. The number of amides is 2. The summed E-state index contributed by atoms with van der Waals surface area (Å²) < 4.78 is 0. The summed E-state index contributed by atoms with van der Waals surface area (Å²) in [5, 5.41) is 8.87. The zero-order chi connectivity index (χ0) is 15.2. The molecule has 0 aromatic carbocycles. The number of nitrogens with one attached hydrogen (secondary N) is 3. The lowest BCUT2D eigenvalue weighted by Crippen LogP contribution is -2.31. The number of hydrogen-bond donors (Lipinski definition) is 3. The molecular formula is C14H19ClN4O2. The third-order valence-electron chi connectivity index (χ3n) is 3.04. The van der Waals surface area contributed by atoms with E-state index in [1.54, 1.807) is 6.07 Å². The third-order valence-corrected chi connectivity index (χ3v) is 3.34. The van der Waals surface area contributed by atoms with Gasteiger partial charge in [0.25, 0.3) is 5.91 Å². The van der Waals surface area contributed by atoms with Gasteiger partial charge in [0, 0.05) is 31.7 Å². The van der Waals surface area contributed by atoms with Crippen molar-refractivity contribution in [3.8, 4) is 0 Å². The van der Waals surface area contributed by atoms with Gasteiger partial charge in [-0.2, -0.15) is 0 Å². The SMILES string of the molecule is CCNc1cc(C(=O)NCCC(=O)NC2CC2)c(Cl)cn1. The van der Waals surface area contributed by atoms with Gasteiger partial charge in [-0.05, 0) is 25.8 Å². The Hall–Kier alpha value is -1.82. The normalized spacial score (nSPS) is 13.6. The highest BCUT2D eigenvalue weighted by atomic mass is 35.5. The van der Waals surface area contributed by atoms with E-state index in [4.69, 9.17) is 11.6 Å². The lowest BCUT2D eigenvalue weighted by molar-refractivity contribution is -0.121. The number of halogens is 1. The van der Waals surface area contributed by atoms with E-state index in [1.807, 2.05) is 6.92 Å². The monoisotopic (exact) mass is 310 g/mol. The minimum Gasteiger partial charge on any atom is -0.370 e. The second-order valence-corrected chi connectivity index (χ2v) is 5.33. The third kappa shape index (κ3) is 4.90. The largest absolute Gasteiger partial charge is 0.370 e.